The van der Waals surface area contributed by atoms with Crippen LogP contribution < -0.4 is 0 Å². The number of benzene rings is 1. The van der Waals surface area contributed by atoms with Gasteiger partial charge in [0.2, 0.25) is 5.88 Å². The standard InChI is InChI=1S/C15H11F3N4O/c1-8-2-4-11-10(6-8)13(14(23)20-11)22-21-12-5-3-9(7-19-12)15(16,17)18/h2-7,20,23H,1H3. The van der Waals surface area contributed by atoms with Crippen molar-refractivity contribution >= 4 is 22.4 Å². The van der Waals surface area contributed by atoms with Gasteiger partial charge >= 0.3 is 6.18 Å². The number of azo groups is 1. The van der Waals surface area contributed by atoms with Crippen molar-refractivity contribution in [2.45, 2.75) is 13.1 Å². The molecule has 2 N–H and O–H groups in total. The summed E-state index contributed by atoms with van der Waals surface area (Å²) in [5, 5.41) is 18.2. The molecule has 3 aromatic rings. The number of hydrogen-bond acceptors (Lipinski definition) is 4. The lowest BCUT2D eigenvalue weighted by molar-refractivity contribution is -0.137. The maximum absolute atomic E-state index is 12.5. The maximum atomic E-state index is 12.5. The molecule has 0 atom stereocenters. The maximum Gasteiger partial charge on any atom is 0.417 e. The lowest BCUT2D eigenvalue weighted by Gasteiger charge is -2.04. The summed E-state index contributed by atoms with van der Waals surface area (Å²) in [6.07, 6.45) is -3.76. The van der Waals surface area contributed by atoms with Gasteiger partial charge in [0, 0.05) is 11.6 Å². The Labute approximate surface area is 128 Å². The molecule has 23 heavy (non-hydrogen) atoms. The van der Waals surface area contributed by atoms with Gasteiger partial charge in [0.1, 0.15) is 0 Å². The van der Waals surface area contributed by atoms with Crippen LogP contribution in [0.1, 0.15) is 11.1 Å². The van der Waals surface area contributed by atoms with Gasteiger partial charge in [0.25, 0.3) is 0 Å². The van der Waals surface area contributed by atoms with E-state index in [1.165, 1.54) is 0 Å². The van der Waals surface area contributed by atoms with E-state index in [-0.39, 0.29) is 17.4 Å². The number of H-pyrrole nitrogens is 1. The van der Waals surface area contributed by atoms with Gasteiger partial charge in [-0.05, 0) is 31.2 Å². The number of aryl methyl sites for hydroxylation is 1. The largest absolute Gasteiger partial charge is 0.493 e. The number of nitrogens with one attached hydrogen (secondary N) is 1. The van der Waals surface area contributed by atoms with Crippen molar-refractivity contribution in [1.82, 2.24) is 9.97 Å². The summed E-state index contributed by atoms with van der Waals surface area (Å²) in [4.78, 5) is 6.35. The van der Waals surface area contributed by atoms with E-state index in [4.69, 9.17) is 0 Å². The van der Waals surface area contributed by atoms with Crippen LogP contribution in [0.15, 0.2) is 46.8 Å². The highest BCUT2D eigenvalue weighted by molar-refractivity contribution is 5.94. The zero-order valence-corrected chi connectivity index (χ0v) is 11.9. The Morgan fingerprint density at radius 2 is 1.91 bits per heavy atom. The summed E-state index contributed by atoms with van der Waals surface area (Å²) in [5.74, 6) is -0.152. The molecule has 0 saturated heterocycles. The van der Waals surface area contributed by atoms with Gasteiger partial charge in [-0.3, -0.25) is 0 Å². The van der Waals surface area contributed by atoms with E-state index in [1.54, 1.807) is 6.07 Å². The van der Waals surface area contributed by atoms with Crippen LogP contribution >= 0.6 is 0 Å². The summed E-state index contributed by atoms with van der Waals surface area (Å²) in [6, 6.07) is 7.47. The molecule has 0 bridgehead atoms. The molecule has 3 rings (SSSR count). The van der Waals surface area contributed by atoms with E-state index in [0.717, 1.165) is 17.7 Å². The van der Waals surface area contributed by atoms with Crippen molar-refractivity contribution < 1.29 is 18.3 Å². The average molecular weight is 320 g/mol. The molecule has 2 heterocycles. The average Bonchev–Trinajstić information content (AvgIpc) is 2.79. The van der Waals surface area contributed by atoms with Gasteiger partial charge in [-0.25, -0.2) is 4.98 Å². The second-order valence-electron chi connectivity index (χ2n) is 4.97. The van der Waals surface area contributed by atoms with Crippen LogP contribution in [0.25, 0.3) is 10.9 Å². The minimum absolute atomic E-state index is 0.0133. The number of fused-ring (bicyclic) bond motifs is 1. The molecule has 0 amide bonds. The molecule has 5 nitrogen and oxygen atoms in total. The van der Waals surface area contributed by atoms with Gasteiger partial charge in [-0.1, -0.05) is 11.6 Å². The van der Waals surface area contributed by atoms with Crippen molar-refractivity contribution in [3.63, 3.8) is 0 Å². The van der Waals surface area contributed by atoms with Gasteiger partial charge in [-0.15, -0.1) is 10.2 Å². The smallest absolute Gasteiger partial charge is 0.417 e. The Hall–Kier alpha value is -2.90. The highest BCUT2D eigenvalue weighted by Crippen LogP contribution is 2.36. The highest BCUT2D eigenvalue weighted by atomic mass is 19.4. The Morgan fingerprint density at radius 3 is 2.57 bits per heavy atom. The van der Waals surface area contributed by atoms with E-state index in [9.17, 15) is 18.3 Å². The van der Waals surface area contributed by atoms with Gasteiger partial charge in [-0.2, -0.15) is 13.2 Å². The summed E-state index contributed by atoms with van der Waals surface area (Å²) in [7, 11) is 0. The molecule has 0 aliphatic carbocycles. The molecule has 8 heteroatoms. The molecule has 0 fully saturated rings. The van der Waals surface area contributed by atoms with Crippen LogP contribution in [0.3, 0.4) is 0 Å². The second-order valence-corrected chi connectivity index (χ2v) is 4.97. The first kappa shape index (κ1) is 15.0. The van der Waals surface area contributed by atoms with E-state index in [0.29, 0.717) is 17.1 Å². The number of aromatic nitrogens is 2. The van der Waals surface area contributed by atoms with E-state index in [1.807, 2.05) is 19.1 Å². The second kappa shape index (κ2) is 5.38. The third-order valence-electron chi connectivity index (χ3n) is 3.24. The first-order chi connectivity index (χ1) is 10.8. The zero-order chi connectivity index (χ0) is 16.6. The number of hydrogen-bond donors (Lipinski definition) is 2. The van der Waals surface area contributed by atoms with Crippen molar-refractivity contribution in [3.8, 4) is 5.88 Å². The summed E-state index contributed by atoms with van der Waals surface area (Å²) in [6.45, 7) is 1.89. The van der Waals surface area contributed by atoms with E-state index < -0.39 is 11.7 Å². The van der Waals surface area contributed by atoms with Crippen LogP contribution in [0.4, 0.5) is 24.7 Å². The number of halogens is 3. The van der Waals surface area contributed by atoms with Gasteiger partial charge in [0.15, 0.2) is 11.5 Å². The quantitative estimate of drug-likeness (QED) is 0.651. The topological polar surface area (TPSA) is 73.6 Å². The van der Waals surface area contributed by atoms with Crippen LogP contribution in [0.5, 0.6) is 5.88 Å². The van der Waals surface area contributed by atoms with Gasteiger partial charge in [0.05, 0.1) is 11.1 Å². The molecule has 118 valence electrons. The number of aromatic amines is 1. The molecular weight excluding hydrogens is 309 g/mol. The molecular formula is C15H11F3N4O. The lowest BCUT2D eigenvalue weighted by Crippen LogP contribution is -2.04. The minimum atomic E-state index is -4.45. The van der Waals surface area contributed by atoms with E-state index >= 15 is 0 Å². The number of pyridine rings is 1. The van der Waals surface area contributed by atoms with Crippen LogP contribution in [-0.2, 0) is 6.18 Å². The third-order valence-corrected chi connectivity index (χ3v) is 3.24. The lowest BCUT2D eigenvalue weighted by atomic mass is 10.2. The molecule has 0 aliphatic heterocycles. The normalized spacial score (nSPS) is 12.3. The van der Waals surface area contributed by atoms with Crippen LogP contribution in [0, 0.1) is 6.92 Å². The monoisotopic (exact) mass is 320 g/mol. The zero-order valence-electron chi connectivity index (χ0n) is 11.9. The number of aromatic hydroxyl groups is 1. The van der Waals surface area contributed by atoms with Crippen molar-refractivity contribution in [1.29, 1.82) is 0 Å². The Kier molecular flexibility index (Phi) is 3.51. The fourth-order valence-electron chi connectivity index (χ4n) is 2.09. The molecule has 0 aliphatic rings. The third kappa shape index (κ3) is 3.01. The first-order valence-corrected chi connectivity index (χ1v) is 6.61. The first-order valence-electron chi connectivity index (χ1n) is 6.61. The van der Waals surface area contributed by atoms with E-state index in [2.05, 4.69) is 20.2 Å². The minimum Gasteiger partial charge on any atom is -0.493 e. The SMILES string of the molecule is Cc1ccc2[nH]c(O)c(N=Nc3ccc(C(F)(F)F)cn3)c2c1. The fraction of sp³-hybridized carbons (Fsp3) is 0.133. The summed E-state index contributed by atoms with van der Waals surface area (Å²) < 4.78 is 37.4. The van der Waals surface area contributed by atoms with Crippen molar-refractivity contribution in [2.24, 2.45) is 10.2 Å². The Morgan fingerprint density at radius 1 is 1.13 bits per heavy atom. The number of nitrogens with zero attached hydrogens (tertiary/aromatic N) is 3. The predicted octanol–water partition coefficient (Wildman–Crippen LogP) is 5.01. The molecule has 2 aromatic heterocycles. The van der Waals surface area contributed by atoms with Crippen molar-refractivity contribution in [3.05, 3.63) is 47.7 Å². The number of rotatable bonds is 2. The van der Waals surface area contributed by atoms with Crippen LogP contribution in [0.2, 0.25) is 0 Å². The molecule has 0 unspecified atom stereocenters. The predicted molar refractivity (Wildman–Crippen MR) is 78.1 cm³/mol. The van der Waals surface area contributed by atoms with Crippen molar-refractivity contribution in [2.75, 3.05) is 0 Å². The molecule has 1 aromatic carbocycles. The molecule has 0 spiro atoms. The summed E-state index contributed by atoms with van der Waals surface area (Å²) in [5.41, 5.74) is 1.01. The summed E-state index contributed by atoms with van der Waals surface area (Å²) >= 11 is 0. The fourth-order valence-corrected chi connectivity index (χ4v) is 2.09. The number of alkyl halides is 3. The van der Waals surface area contributed by atoms with Crippen LogP contribution in [-0.4, -0.2) is 15.1 Å². The molecule has 0 radical (unpaired) electrons. The molecule has 0 saturated carbocycles. The Bertz CT molecular complexity index is 882. The highest BCUT2D eigenvalue weighted by Gasteiger charge is 2.30. The Balaban J connectivity index is 1.94. The van der Waals surface area contributed by atoms with Gasteiger partial charge < -0.3 is 10.1 Å².